The number of halogens is 5. The highest BCUT2D eigenvalue weighted by Gasteiger charge is 2.16. The van der Waals surface area contributed by atoms with Crippen LogP contribution in [0.1, 0.15) is 5.82 Å². The highest BCUT2D eigenvalue weighted by atomic mass is 35.5. The second-order valence-electron chi connectivity index (χ2n) is 4.35. The molecule has 0 amide bonds. The van der Waals surface area contributed by atoms with Crippen molar-refractivity contribution in [2.45, 2.75) is 5.88 Å². The zero-order valence-corrected chi connectivity index (χ0v) is 12.6. The van der Waals surface area contributed by atoms with Gasteiger partial charge in [0.2, 0.25) is 0 Å². The molecule has 0 radical (unpaired) electrons. The summed E-state index contributed by atoms with van der Waals surface area (Å²) in [4.78, 5) is 4.25. The van der Waals surface area contributed by atoms with Crippen LogP contribution < -0.4 is 0 Å². The third kappa shape index (κ3) is 2.48. The van der Waals surface area contributed by atoms with E-state index in [1.807, 2.05) is 0 Å². The maximum Gasteiger partial charge on any atom is 0.144 e. The first-order valence-electron chi connectivity index (χ1n) is 5.89. The molecule has 0 saturated carbocycles. The quantitative estimate of drug-likeness (QED) is 0.571. The Labute approximate surface area is 133 Å². The summed E-state index contributed by atoms with van der Waals surface area (Å²) in [5.41, 5.74) is 1.44. The first-order valence-corrected chi connectivity index (χ1v) is 7.18. The van der Waals surface area contributed by atoms with E-state index in [1.54, 1.807) is 4.57 Å². The Morgan fingerprint density at radius 3 is 2.48 bits per heavy atom. The number of hydrogen-bond donors (Lipinski definition) is 0. The lowest BCUT2D eigenvalue weighted by molar-refractivity contribution is 0.627. The van der Waals surface area contributed by atoms with Gasteiger partial charge in [-0.25, -0.2) is 13.8 Å². The van der Waals surface area contributed by atoms with Gasteiger partial charge in [0, 0.05) is 6.07 Å². The fourth-order valence-corrected chi connectivity index (χ4v) is 2.73. The van der Waals surface area contributed by atoms with Crippen molar-refractivity contribution < 1.29 is 8.78 Å². The number of nitrogens with zero attached hydrogens (tertiary/aromatic N) is 2. The summed E-state index contributed by atoms with van der Waals surface area (Å²) in [5.74, 6) is -0.478. The van der Waals surface area contributed by atoms with Crippen molar-refractivity contribution in [1.29, 1.82) is 0 Å². The highest BCUT2D eigenvalue weighted by Crippen LogP contribution is 2.30. The van der Waals surface area contributed by atoms with E-state index in [9.17, 15) is 8.78 Å². The zero-order valence-electron chi connectivity index (χ0n) is 10.4. The van der Waals surface area contributed by atoms with Crippen LogP contribution in [0.15, 0.2) is 30.3 Å². The number of aromatic nitrogens is 2. The molecule has 108 valence electrons. The van der Waals surface area contributed by atoms with Crippen LogP contribution in [0.5, 0.6) is 0 Å². The monoisotopic (exact) mass is 346 g/mol. The molecule has 0 unspecified atom stereocenters. The van der Waals surface area contributed by atoms with Crippen LogP contribution in [0.25, 0.3) is 16.7 Å². The van der Waals surface area contributed by atoms with Crippen molar-refractivity contribution in [3.8, 4) is 5.69 Å². The molecule has 3 rings (SSSR count). The van der Waals surface area contributed by atoms with Gasteiger partial charge in [-0.1, -0.05) is 23.2 Å². The maximum atomic E-state index is 13.5. The molecule has 1 heterocycles. The summed E-state index contributed by atoms with van der Waals surface area (Å²) in [6.07, 6.45) is 0. The van der Waals surface area contributed by atoms with Gasteiger partial charge >= 0.3 is 0 Å². The summed E-state index contributed by atoms with van der Waals surface area (Å²) < 4.78 is 28.4. The lowest BCUT2D eigenvalue weighted by Gasteiger charge is -2.10. The first-order chi connectivity index (χ1) is 10.0. The standard InChI is InChI=1S/C14H7Cl3F2N2/c15-6-14-20-11-5-10(19)8(16)4-13(11)21(14)12-2-1-7(18)3-9(12)17/h1-5H,6H2. The predicted molar refractivity (Wildman–Crippen MR) is 80.6 cm³/mol. The maximum absolute atomic E-state index is 13.5. The summed E-state index contributed by atoms with van der Waals surface area (Å²) >= 11 is 17.8. The number of fused-ring (bicyclic) bond motifs is 1. The van der Waals surface area contributed by atoms with E-state index in [4.69, 9.17) is 34.8 Å². The van der Waals surface area contributed by atoms with Crippen LogP contribution >= 0.6 is 34.8 Å². The van der Waals surface area contributed by atoms with Gasteiger partial charge in [-0.2, -0.15) is 0 Å². The second kappa shape index (κ2) is 5.44. The Bertz CT molecular complexity index is 846. The minimum absolute atomic E-state index is 0.0389. The zero-order chi connectivity index (χ0) is 15.1. The van der Waals surface area contributed by atoms with Gasteiger partial charge < -0.3 is 0 Å². The van der Waals surface area contributed by atoms with Crippen molar-refractivity contribution in [2.75, 3.05) is 0 Å². The van der Waals surface area contributed by atoms with E-state index in [-0.39, 0.29) is 15.9 Å². The van der Waals surface area contributed by atoms with Crippen LogP contribution in [0.2, 0.25) is 10.0 Å². The number of imidazole rings is 1. The lowest BCUT2D eigenvalue weighted by Crippen LogP contribution is -2.00. The number of hydrogen-bond acceptors (Lipinski definition) is 1. The molecular formula is C14H7Cl3F2N2. The Balaban J connectivity index is 2.37. The highest BCUT2D eigenvalue weighted by molar-refractivity contribution is 6.32. The summed E-state index contributed by atoms with van der Waals surface area (Å²) in [6, 6.07) is 6.63. The van der Waals surface area contributed by atoms with Crippen molar-refractivity contribution in [1.82, 2.24) is 9.55 Å². The molecule has 0 aliphatic carbocycles. The van der Waals surface area contributed by atoms with Gasteiger partial charge in [0.25, 0.3) is 0 Å². The summed E-state index contributed by atoms with van der Waals surface area (Å²) in [5, 5.41) is 0.157. The average molecular weight is 348 g/mol. The molecule has 0 saturated heterocycles. The number of benzene rings is 2. The summed E-state index contributed by atoms with van der Waals surface area (Å²) in [6.45, 7) is 0. The van der Waals surface area contributed by atoms with Crippen LogP contribution in [0, 0.1) is 11.6 Å². The van der Waals surface area contributed by atoms with Crippen molar-refractivity contribution >= 4 is 45.8 Å². The summed E-state index contributed by atoms with van der Waals surface area (Å²) in [7, 11) is 0. The van der Waals surface area contributed by atoms with Gasteiger partial charge in [-0.3, -0.25) is 4.57 Å². The average Bonchev–Trinajstić information content (AvgIpc) is 2.77. The Morgan fingerprint density at radius 2 is 1.81 bits per heavy atom. The Kier molecular flexibility index (Phi) is 3.78. The van der Waals surface area contributed by atoms with Crippen LogP contribution in [-0.2, 0) is 5.88 Å². The normalized spacial score (nSPS) is 11.3. The second-order valence-corrected chi connectivity index (χ2v) is 5.43. The number of rotatable bonds is 2. The van der Waals surface area contributed by atoms with E-state index >= 15 is 0 Å². The molecular weight excluding hydrogens is 341 g/mol. The molecule has 7 heteroatoms. The molecule has 0 N–H and O–H groups in total. The molecule has 2 aromatic carbocycles. The van der Waals surface area contributed by atoms with Gasteiger partial charge in [-0.15, -0.1) is 11.6 Å². The van der Waals surface area contributed by atoms with E-state index in [2.05, 4.69) is 4.98 Å². The van der Waals surface area contributed by atoms with Gasteiger partial charge in [0.1, 0.15) is 17.5 Å². The van der Waals surface area contributed by atoms with Crippen LogP contribution in [0.4, 0.5) is 8.78 Å². The molecule has 0 aliphatic rings. The van der Waals surface area contributed by atoms with E-state index < -0.39 is 11.6 Å². The molecule has 0 atom stereocenters. The Hall–Kier alpha value is -1.36. The van der Waals surface area contributed by atoms with Crippen molar-refractivity contribution in [3.05, 3.63) is 57.8 Å². The minimum atomic E-state index is -0.569. The van der Waals surface area contributed by atoms with Gasteiger partial charge in [0.15, 0.2) is 0 Å². The van der Waals surface area contributed by atoms with E-state index in [0.717, 1.165) is 0 Å². The third-order valence-corrected chi connectivity index (χ3v) is 3.87. The topological polar surface area (TPSA) is 17.8 Å². The van der Waals surface area contributed by atoms with Crippen molar-refractivity contribution in [2.24, 2.45) is 0 Å². The predicted octanol–water partition coefficient (Wildman–Crippen LogP) is 5.35. The van der Waals surface area contributed by atoms with Crippen LogP contribution in [0.3, 0.4) is 0 Å². The largest absolute Gasteiger partial charge is 0.294 e. The molecule has 1 aromatic heterocycles. The smallest absolute Gasteiger partial charge is 0.144 e. The van der Waals surface area contributed by atoms with Gasteiger partial charge in [0.05, 0.1) is 32.6 Å². The first kappa shape index (κ1) is 14.6. The minimum Gasteiger partial charge on any atom is -0.294 e. The third-order valence-electron chi connectivity index (χ3n) is 3.04. The lowest BCUT2D eigenvalue weighted by atomic mass is 10.2. The van der Waals surface area contributed by atoms with E-state index in [0.29, 0.717) is 22.5 Å². The molecule has 0 aliphatic heterocycles. The molecule has 3 aromatic rings. The number of alkyl halides is 1. The SMILES string of the molecule is Fc1ccc(-n2c(CCl)nc3cc(F)c(Cl)cc32)c(Cl)c1. The molecule has 0 fully saturated rings. The van der Waals surface area contributed by atoms with Crippen LogP contribution in [-0.4, -0.2) is 9.55 Å². The molecule has 2 nitrogen and oxygen atoms in total. The van der Waals surface area contributed by atoms with E-state index in [1.165, 1.54) is 30.3 Å². The fraction of sp³-hybridized carbons (Fsp3) is 0.0714. The molecule has 0 bridgehead atoms. The fourth-order valence-electron chi connectivity index (χ4n) is 2.14. The van der Waals surface area contributed by atoms with Gasteiger partial charge in [-0.05, 0) is 24.3 Å². The molecule has 0 spiro atoms. The molecule has 21 heavy (non-hydrogen) atoms. The Morgan fingerprint density at radius 1 is 1.05 bits per heavy atom. The van der Waals surface area contributed by atoms with Crippen molar-refractivity contribution in [3.63, 3.8) is 0 Å².